The summed E-state index contributed by atoms with van der Waals surface area (Å²) in [6.45, 7) is 0.0346. The van der Waals surface area contributed by atoms with Crippen LogP contribution in [0.1, 0.15) is 11.1 Å². The van der Waals surface area contributed by atoms with Crippen molar-refractivity contribution in [2.75, 3.05) is 0 Å². The standard InChI is InChI=1S/C18H19N2O5P/c21-18(25-12-13-6-2-1-3-7-13)17(20-26(22,23)24)10-14-11-19-16-9-5-4-8-15(14)16/h1-9,11,17,19H,10,12H2,(H3,20,22,23,24)/t17-/m0/s1. The molecule has 0 aliphatic carbocycles. The monoisotopic (exact) mass is 374 g/mol. The molecule has 136 valence electrons. The Morgan fingerprint density at radius 1 is 1.12 bits per heavy atom. The van der Waals surface area contributed by atoms with Crippen LogP contribution in [0.4, 0.5) is 0 Å². The van der Waals surface area contributed by atoms with Gasteiger partial charge < -0.3 is 19.5 Å². The maximum absolute atomic E-state index is 12.4. The third-order valence-electron chi connectivity index (χ3n) is 3.93. The van der Waals surface area contributed by atoms with Gasteiger partial charge in [0.25, 0.3) is 0 Å². The Morgan fingerprint density at radius 2 is 1.81 bits per heavy atom. The molecule has 0 spiro atoms. The third-order valence-corrected chi connectivity index (χ3v) is 4.58. The van der Waals surface area contributed by atoms with E-state index in [2.05, 4.69) is 10.1 Å². The third kappa shape index (κ3) is 4.80. The minimum atomic E-state index is -4.61. The highest BCUT2D eigenvalue weighted by atomic mass is 31.2. The molecule has 2 aromatic carbocycles. The highest BCUT2D eigenvalue weighted by Gasteiger charge is 2.28. The summed E-state index contributed by atoms with van der Waals surface area (Å²) in [5.41, 5.74) is 2.45. The van der Waals surface area contributed by atoms with Crippen molar-refractivity contribution in [2.24, 2.45) is 0 Å². The predicted octanol–water partition coefficient (Wildman–Crippen LogP) is 2.50. The van der Waals surface area contributed by atoms with Crippen molar-refractivity contribution >= 4 is 24.6 Å². The van der Waals surface area contributed by atoms with Crippen LogP contribution in [-0.4, -0.2) is 26.8 Å². The number of esters is 1. The van der Waals surface area contributed by atoms with Gasteiger partial charge in [-0.1, -0.05) is 48.5 Å². The van der Waals surface area contributed by atoms with E-state index in [1.807, 2.05) is 42.5 Å². The van der Waals surface area contributed by atoms with Gasteiger partial charge in [0.15, 0.2) is 0 Å². The van der Waals surface area contributed by atoms with Crippen molar-refractivity contribution in [3.8, 4) is 0 Å². The number of carbonyl (C=O) groups is 1. The smallest absolute Gasteiger partial charge is 0.401 e. The summed E-state index contributed by atoms with van der Waals surface area (Å²) < 4.78 is 16.6. The van der Waals surface area contributed by atoms with E-state index in [0.717, 1.165) is 22.0 Å². The van der Waals surface area contributed by atoms with Gasteiger partial charge in [0.1, 0.15) is 12.6 Å². The summed E-state index contributed by atoms with van der Waals surface area (Å²) in [7, 11) is -4.61. The van der Waals surface area contributed by atoms with E-state index in [9.17, 15) is 19.1 Å². The summed E-state index contributed by atoms with van der Waals surface area (Å²) in [6, 6.07) is 15.4. The minimum absolute atomic E-state index is 0.0346. The normalized spacial score (nSPS) is 12.8. The van der Waals surface area contributed by atoms with E-state index in [4.69, 9.17) is 4.74 Å². The van der Waals surface area contributed by atoms with E-state index < -0.39 is 19.8 Å². The lowest BCUT2D eigenvalue weighted by Gasteiger charge is -2.18. The molecule has 0 aliphatic rings. The number of rotatable bonds is 7. The Labute approximate surface area is 150 Å². The van der Waals surface area contributed by atoms with Crippen molar-refractivity contribution in [3.63, 3.8) is 0 Å². The first-order valence-electron chi connectivity index (χ1n) is 8.01. The number of aromatic nitrogens is 1. The van der Waals surface area contributed by atoms with Crippen LogP contribution in [0.25, 0.3) is 10.9 Å². The topological polar surface area (TPSA) is 112 Å². The van der Waals surface area contributed by atoms with Crippen molar-refractivity contribution in [1.29, 1.82) is 0 Å². The molecule has 0 fully saturated rings. The largest absolute Gasteiger partial charge is 0.460 e. The molecule has 0 bridgehead atoms. The molecule has 0 aliphatic heterocycles. The number of fused-ring (bicyclic) bond motifs is 1. The van der Waals surface area contributed by atoms with Crippen molar-refractivity contribution < 1.29 is 23.9 Å². The zero-order chi connectivity index (χ0) is 18.6. The molecule has 8 heteroatoms. The summed E-state index contributed by atoms with van der Waals surface area (Å²) >= 11 is 0. The minimum Gasteiger partial charge on any atom is -0.460 e. The molecule has 4 N–H and O–H groups in total. The van der Waals surface area contributed by atoms with Gasteiger partial charge in [0.05, 0.1) is 0 Å². The number of para-hydroxylation sites is 1. The lowest BCUT2D eigenvalue weighted by atomic mass is 10.1. The van der Waals surface area contributed by atoms with E-state index >= 15 is 0 Å². The SMILES string of the molecule is O=C(OCc1ccccc1)[C@H](Cc1c[nH]c2ccccc12)NP(=O)(O)O. The van der Waals surface area contributed by atoms with Gasteiger partial charge in [0, 0.05) is 23.5 Å². The van der Waals surface area contributed by atoms with Gasteiger partial charge in [-0.3, -0.25) is 4.79 Å². The second kappa shape index (κ2) is 7.85. The summed E-state index contributed by atoms with van der Waals surface area (Å²) in [4.78, 5) is 34.0. The molecule has 0 saturated carbocycles. The fourth-order valence-corrected chi connectivity index (χ4v) is 3.34. The van der Waals surface area contributed by atoms with Crippen LogP contribution in [0.3, 0.4) is 0 Å². The van der Waals surface area contributed by atoms with Crippen LogP contribution in [0.2, 0.25) is 0 Å². The second-order valence-electron chi connectivity index (χ2n) is 5.88. The zero-order valence-electron chi connectivity index (χ0n) is 13.8. The number of ether oxygens (including phenoxy) is 1. The molecule has 3 aromatic rings. The van der Waals surface area contributed by atoms with Crippen molar-refractivity contribution in [3.05, 3.63) is 71.9 Å². The number of H-pyrrole nitrogens is 1. The number of hydrogen-bond donors (Lipinski definition) is 4. The quantitative estimate of drug-likeness (QED) is 0.373. The summed E-state index contributed by atoms with van der Waals surface area (Å²) in [5.74, 6) is -0.720. The van der Waals surface area contributed by atoms with Crippen LogP contribution in [0, 0.1) is 0 Å². The van der Waals surface area contributed by atoms with Crippen LogP contribution < -0.4 is 5.09 Å². The highest BCUT2D eigenvalue weighted by molar-refractivity contribution is 7.49. The maximum atomic E-state index is 12.4. The molecule has 1 aromatic heterocycles. The lowest BCUT2D eigenvalue weighted by molar-refractivity contribution is -0.147. The van der Waals surface area contributed by atoms with Crippen LogP contribution in [0.5, 0.6) is 0 Å². The molecule has 0 saturated heterocycles. The Kier molecular flexibility index (Phi) is 5.54. The predicted molar refractivity (Wildman–Crippen MR) is 97.2 cm³/mol. The van der Waals surface area contributed by atoms with Gasteiger partial charge >= 0.3 is 13.7 Å². The Balaban J connectivity index is 1.76. The van der Waals surface area contributed by atoms with Crippen LogP contribution in [0.15, 0.2) is 60.8 Å². The molecule has 0 radical (unpaired) electrons. The molecular weight excluding hydrogens is 355 g/mol. The number of benzene rings is 2. The molecule has 1 atom stereocenters. The molecule has 0 amide bonds. The number of nitrogens with one attached hydrogen (secondary N) is 2. The number of hydrogen-bond acceptors (Lipinski definition) is 3. The highest BCUT2D eigenvalue weighted by Crippen LogP contribution is 2.31. The molecule has 0 unspecified atom stereocenters. The first kappa shape index (κ1) is 18.4. The molecule has 1 heterocycles. The average molecular weight is 374 g/mol. The van der Waals surface area contributed by atoms with Gasteiger partial charge in [-0.05, 0) is 17.2 Å². The van der Waals surface area contributed by atoms with E-state index in [-0.39, 0.29) is 13.0 Å². The zero-order valence-corrected chi connectivity index (χ0v) is 14.7. The van der Waals surface area contributed by atoms with Gasteiger partial charge in [0.2, 0.25) is 0 Å². The van der Waals surface area contributed by atoms with Crippen molar-refractivity contribution in [2.45, 2.75) is 19.1 Å². The van der Waals surface area contributed by atoms with Crippen molar-refractivity contribution in [1.82, 2.24) is 10.1 Å². The summed E-state index contributed by atoms with van der Waals surface area (Å²) in [6.07, 6.45) is 1.81. The Morgan fingerprint density at radius 3 is 2.54 bits per heavy atom. The average Bonchev–Trinajstić information content (AvgIpc) is 3.02. The molecular formula is C18H19N2O5P. The maximum Gasteiger partial charge on any atom is 0.401 e. The molecule has 7 nitrogen and oxygen atoms in total. The first-order valence-corrected chi connectivity index (χ1v) is 9.62. The van der Waals surface area contributed by atoms with E-state index in [1.165, 1.54) is 0 Å². The van der Waals surface area contributed by atoms with Gasteiger partial charge in [-0.25, -0.2) is 9.65 Å². The molecule has 26 heavy (non-hydrogen) atoms. The lowest BCUT2D eigenvalue weighted by Crippen LogP contribution is -2.37. The number of aromatic amines is 1. The van der Waals surface area contributed by atoms with Crippen LogP contribution >= 0.6 is 7.75 Å². The van der Waals surface area contributed by atoms with Crippen LogP contribution in [-0.2, 0) is 27.1 Å². The Bertz CT molecular complexity index is 935. The molecule has 3 rings (SSSR count). The fraction of sp³-hybridized carbons (Fsp3) is 0.167. The second-order valence-corrected chi connectivity index (χ2v) is 7.23. The number of carbonyl (C=O) groups excluding carboxylic acids is 1. The van der Waals surface area contributed by atoms with Gasteiger partial charge in [-0.15, -0.1) is 0 Å². The summed E-state index contributed by atoms with van der Waals surface area (Å²) in [5, 5.41) is 2.96. The van der Waals surface area contributed by atoms with E-state index in [1.54, 1.807) is 18.3 Å². The fourth-order valence-electron chi connectivity index (χ4n) is 2.73. The van der Waals surface area contributed by atoms with E-state index in [0.29, 0.717) is 0 Å². The first-order chi connectivity index (χ1) is 12.4. The Hall–Kier alpha value is -2.44. The van der Waals surface area contributed by atoms with Gasteiger partial charge in [-0.2, -0.15) is 0 Å².